The fourth-order valence-electron chi connectivity index (χ4n) is 1.63. The van der Waals surface area contributed by atoms with Crippen LogP contribution in [0.1, 0.15) is 5.69 Å². The van der Waals surface area contributed by atoms with E-state index in [2.05, 4.69) is 0 Å². The quantitative estimate of drug-likeness (QED) is 0.800. The zero-order chi connectivity index (χ0) is 10.3. The Kier molecular flexibility index (Phi) is 2.43. The molecule has 0 radical (unpaired) electrons. The summed E-state index contributed by atoms with van der Waals surface area (Å²) in [5, 5.41) is 2.23. The Morgan fingerprint density at radius 1 is 1.36 bits per heavy atom. The zero-order valence-corrected chi connectivity index (χ0v) is 9.23. The van der Waals surface area contributed by atoms with Crippen molar-refractivity contribution in [3.05, 3.63) is 33.9 Å². The Morgan fingerprint density at radius 2 is 2.07 bits per heavy atom. The summed E-state index contributed by atoms with van der Waals surface area (Å²) in [7, 11) is 1.94. The van der Waals surface area contributed by atoms with E-state index >= 15 is 0 Å². The third-order valence-electron chi connectivity index (χ3n) is 2.40. The molecule has 0 fully saturated rings. The summed E-state index contributed by atoms with van der Waals surface area (Å²) in [5.74, 6) is 0. The molecule has 0 atom stereocenters. The number of nitrogens with zero attached hydrogens (tertiary/aromatic N) is 1. The maximum Gasteiger partial charge on any atom is 0.0835 e. The number of nitrogens with two attached hydrogens (primary N) is 1. The van der Waals surface area contributed by atoms with Crippen molar-refractivity contribution in [2.24, 2.45) is 12.8 Å². The van der Waals surface area contributed by atoms with Crippen LogP contribution in [0.25, 0.3) is 10.9 Å². The zero-order valence-electron chi connectivity index (χ0n) is 7.72. The molecule has 14 heavy (non-hydrogen) atoms. The van der Waals surface area contributed by atoms with Gasteiger partial charge in [-0.15, -0.1) is 0 Å². The Balaban J connectivity index is 2.87. The fourth-order valence-corrected chi connectivity index (χ4v) is 2.08. The number of aryl methyl sites for hydroxylation is 1. The van der Waals surface area contributed by atoms with Crippen LogP contribution in [0.5, 0.6) is 0 Å². The van der Waals surface area contributed by atoms with Gasteiger partial charge in [0.15, 0.2) is 0 Å². The predicted molar refractivity (Wildman–Crippen MR) is 60.8 cm³/mol. The molecule has 0 aliphatic heterocycles. The maximum absolute atomic E-state index is 6.11. The molecule has 2 aromatic rings. The van der Waals surface area contributed by atoms with Gasteiger partial charge in [0.2, 0.25) is 0 Å². The number of fused-ring (bicyclic) bond motifs is 1. The second kappa shape index (κ2) is 3.46. The number of hydrogen-bond donors (Lipinski definition) is 1. The smallest absolute Gasteiger partial charge is 0.0835 e. The molecule has 0 bridgehead atoms. The second-order valence-corrected chi connectivity index (χ2v) is 3.98. The van der Waals surface area contributed by atoms with Gasteiger partial charge in [0.25, 0.3) is 0 Å². The van der Waals surface area contributed by atoms with Crippen LogP contribution in [0, 0.1) is 0 Å². The lowest BCUT2D eigenvalue weighted by Crippen LogP contribution is -2.02. The van der Waals surface area contributed by atoms with Crippen LogP contribution in [-0.2, 0) is 13.6 Å². The Bertz CT molecular complexity index is 488. The average molecular weight is 229 g/mol. The normalized spacial score (nSPS) is 11.1. The lowest BCUT2D eigenvalue weighted by atomic mass is 10.2. The molecule has 1 aromatic heterocycles. The van der Waals surface area contributed by atoms with Gasteiger partial charge >= 0.3 is 0 Å². The first kappa shape index (κ1) is 9.84. The van der Waals surface area contributed by atoms with Crippen molar-refractivity contribution >= 4 is 34.1 Å². The Morgan fingerprint density at radius 3 is 2.71 bits per heavy atom. The maximum atomic E-state index is 6.11. The van der Waals surface area contributed by atoms with E-state index < -0.39 is 0 Å². The van der Waals surface area contributed by atoms with Gasteiger partial charge in [-0.3, -0.25) is 0 Å². The van der Waals surface area contributed by atoms with E-state index in [0.717, 1.165) is 16.6 Å². The first-order valence-electron chi connectivity index (χ1n) is 4.27. The van der Waals surface area contributed by atoms with Crippen molar-refractivity contribution in [1.29, 1.82) is 0 Å². The van der Waals surface area contributed by atoms with Gasteiger partial charge in [0.1, 0.15) is 0 Å². The molecule has 0 aliphatic carbocycles. The summed E-state index contributed by atoms with van der Waals surface area (Å²) in [5.41, 5.74) is 7.60. The van der Waals surface area contributed by atoms with Crippen LogP contribution < -0.4 is 5.73 Å². The highest BCUT2D eigenvalue weighted by Crippen LogP contribution is 2.32. The van der Waals surface area contributed by atoms with Gasteiger partial charge in [0, 0.05) is 24.7 Å². The lowest BCUT2D eigenvalue weighted by Gasteiger charge is -2.03. The molecule has 0 aliphatic rings. The summed E-state index contributed by atoms with van der Waals surface area (Å²) in [6.45, 7) is 0.499. The highest BCUT2D eigenvalue weighted by atomic mass is 35.5. The molecule has 2 rings (SSSR count). The molecular formula is C10H10Cl2N2. The van der Waals surface area contributed by atoms with Gasteiger partial charge in [-0.2, -0.15) is 0 Å². The highest BCUT2D eigenvalue weighted by molar-refractivity contribution is 6.45. The third kappa shape index (κ3) is 1.31. The van der Waals surface area contributed by atoms with E-state index in [1.807, 2.05) is 23.7 Å². The Hall–Kier alpha value is -0.700. The van der Waals surface area contributed by atoms with Crippen LogP contribution in [-0.4, -0.2) is 4.57 Å². The van der Waals surface area contributed by atoms with Crippen molar-refractivity contribution in [2.45, 2.75) is 6.54 Å². The molecular weight excluding hydrogens is 219 g/mol. The van der Waals surface area contributed by atoms with Crippen LogP contribution in [0.15, 0.2) is 18.2 Å². The largest absolute Gasteiger partial charge is 0.345 e. The lowest BCUT2D eigenvalue weighted by molar-refractivity contribution is 0.849. The minimum Gasteiger partial charge on any atom is -0.345 e. The molecule has 0 unspecified atom stereocenters. The van der Waals surface area contributed by atoms with Crippen molar-refractivity contribution in [1.82, 2.24) is 4.57 Å². The number of aromatic nitrogens is 1. The minimum atomic E-state index is 0.499. The van der Waals surface area contributed by atoms with E-state index in [9.17, 15) is 0 Å². The summed E-state index contributed by atoms with van der Waals surface area (Å²) >= 11 is 12.0. The van der Waals surface area contributed by atoms with Crippen molar-refractivity contribution in [3.8, 4) is 0 Å². The average Bonchev–Trinajstić information content (AvgIpc) is 2.50. The Labute approximate surface area is 92.2 Å². The molecule has 74 valence electrons. The van der Waals surface area contributed by atoms with Crippen molar-refractivity contribution in [2.75, 3.05) is 0 Å². The summed E-state index contributed by atoms with van der Waals surface area (Å²) in [6, 6.07) is 5.77. The van der Waals surface area contributed by atoms with Gasteiger partial charge in [-0.1, -0.05) is 29.3 Å². The molecule has 2 nitrogen and oxygen atoms in total. The predicted octanol–water partition coefficient (Wildman–Crippen LogP) is 2.94. The topological polar surface area (TPSA) is 30.9 Å². The highest BCUT2D eigenvalue weighted by Gasteiger charge is 2.10. The van der Waals surface area contributed by atoms with Crippen LogP contribution in [0.3, 0.4) is 0 Å². The number of halogens is 2. The molecule has 1 aromatic carbocycles. The summed E-state index contributed by atoms with van der Waals surface area (Å²) in [4.78, 5) is 0. The number of benzene rings is 1. The molecule has 0 amide bonds. The van der Waals surface area contributed by atoms with Gasteiger partial charge in [-0.25, -0.2) is 0 Å². The summed E-state index contributed by atoms with van der Waals surface area (Å²) in [6.07, 6.45) is 0. The monoisotopic (exact) mass is 228 g/mol. The van der Waals surface area contributed by atoms with Gasteiger partial charge < -0.3 is 10.3 Å². The van der Waals surface area contributed by atoms with Crippen LogP contribution in [0.4, 0.5) is 0 Å². The van der Waals surface area contributed by atoms with Crippen molar-refractivity contribution in [3.63, 3.8) is 0 Å². The SMILES string of the molecule is Cn1c(CN)cc2ccc(Cl)c(Cl)c21. The van der Waals surface area contributed by atoms with Crippen LogP contribution in [0.2, 0.25) is 10.0 Å². The van der Waals surface area contributed by atoms with Crippen LogP contribution >= 0.6 is 23.2 Å². The van der Waals surface area contributed by atoms with E-state index in [4.69, 9.17) is 28.9 Å². The first-order valence-corrected chi connectivity index (χ1v) is 5.03. The van der Waals surface area contributed by atoms with E-state index in [0.29, 0.717) is 16.6 Å². The molecule has 2 N–H and O–H groups in total. The standard InChI is InChI=1S/C10H10Cl2N2/c1-14-7(5-13)4-6-2-3-8(11)9(12)10(6)14/h2-4H,5,13H2,1H3. The number of hydrogen-bond acceptors (Lipinski definition) is 1. The molecule has 0 saturated carbocycles. The van der Waals surface area contributed by atoms with E-state index in [-0.39, 0.29) is 0 Å². The number of rotatable bonds is 1. The fraction of sp³-hybridized carbons (Fsp3) is 0.200. The van der Waals surface area contributed by atoms with E-state index in [1.54, 1.807) is 6.07 Å². The molecule has 0 saturated heterocycles. The molecule has 4 heteroatoms. The second-order valence-electron chi connectivity index (χ2n) is 3.20. The third-order valence-corrected chi connectivity index (χ3v) is 3.19. The van der Waals surface area contributed by atoms with E-state index in [1.165, 1.54) is 0 Å². The first-order chi connectivity index (χ1) is 6.65. The molecule has 1 heterocycles. The van der Waals surface area contributed by atoms with Crippen molar-refractivity contribution < 1.29 is 0 Å². The molecule has 0 spiro atoms. The minimum absolute atomic E-state index is 0.499. The van der Waals surface area contributed by atoms with Gasteiger partial charge in [0.05, 0.1) is 15.6 Å². The van der Waals surface area contributed by atoms with Gasteiger partial charge in [-0.05, 0) is 12.1 Å². The summed E-state index contributed by atoms with van der Waals surface area (Å²) < 4.78 is 1.98.